The number of methoxy groups -OCH3 is 1. The van der Waals surface area contributed by atoms with Gasteiger partial charge in [-0.2, -0.15) is 15.4 Å². The number of rotatable bonds is 8. The molecule has 2 aliphatic heterocycles. The maximum absolute atomic E-state index is 12.6. The van der Waals surface area contributed by atoms with Crippen molar-refractivity contribution >= 4 is 6.09 Å². The van der Waals surface area contributed by atoms with E-state index in [1.807, 2.05) is 13.8 Å². The first-order valence-corrected chi connectivity index (χ1v) is 11.5. The average molecular weight is 449 g/mol. The Morgan fingerprint density at radius 3 is 2.69 bits per heavy atom. The van der Waals surface area contributed by atoms with Crippen molar-refractivity contribution in [3.63, 3.8) is 0 Å². The molecule has 1 aliphatic carbocycles. The fraction of sp³-hybridized carbons (Fsp3) is 0.783. The predicted molar refractivity (Wildman–Crippen MR) is 117 cm³/mol. The van der Waals surface area contributed by atoms with Crippen molar-refractivity contribution in [2.75, 3.05) is 13.7 Å². The van der Waals surface area contributed by atoms with Crippen molar-refractivity contribution in [3.8, 4) is 0 Å². The molecular formula is C23H36N4O5. The molecule has 7 atom stereocenters. The number of aromatic amines is 1. The Morgan fingerprint density at radius 2 is 2.19 bits per heavy atom. The summed E-state index contributed by atoms with van der Waals surface area (Å²) in [5.41, 5.74) is 1.17. The fourth-order valence-corrected chi connectivity index (χ4v) is 5.89. The normalized spacial score (nSPS) is 36.7. The zero-order chi connectivity index (χ0) is 23.3. The Labute approximate surface area is 189 Å². The summed E-state index contributed by atoms with van der Waals surface area (Å²) in [4.78, 5) is 14.2. The second-order valence-electron chi connectivity index (χ2n) is 10.2. The predicted octanol–water partition coefficient (Wildman–Crippen LogP) is 3.56. The number of allylic oxidation sites excluding steroid dienone is 1. The van der Waals surface area contributed by atoms with Crippen LogP contribution in [0.3, 0.4) is 0 Å². The number of nitrogens with zero attached hydrogens (tertiary/aromatic N) is 3. The van der Waals surface area contributed by atoms with Gasteiger partial charge in [0.25, 0.3) is 0 Å². The van der Waals surface area contributed by atoms with E-state index in [1.54, 1.807) is 13.3 Å². The molecule has 2 N–H and O–H groups in total. The Balaban J connectivity index is 1.67. The highest BCUT2D eigenvalue weighted by Crippen LogP contribution is 2.60. The van der Waals surface area contributed by atoms with E-state index < -0.39 is 17.7 Å². The third-order valence-electron chi connectivity index (χ3n) is 7.51. The van der Waals surface area contributed by atoms with Gasteiger partial charge in [-0.25, -0.2) is 4.79 Å². The SMILES string of the molecule is CO[C@@H]1[C@H](N(C(=O)O)C(c2cn[nH]n2)C(C)C)CC[C@]2(CO2)[C@H]1[C@@]1(C)O[C@@H]1CC=C(C)C. The van der Waals surface area contributed by atoms with Gasteiger partial charge in [0, 0.05) is 13.0 Å². The minimum Gasteiger partial charge on any atom is -0.465 e. The smallest absolute Gasteiger partial charge is 0.408 e. The molecule has 9 nitrogen and oxygen atoms in total. The monoisotopic (exact) mass is 448 g/mol. The van der Waals surface area contributed by atoms with E-state index in [9.17, 15) is 9.90 Å². The standard InChI is InChI=1S/C23H36N4O5/c1-13(2)7-8-17-22(5,32-17)20-19(30-6)16(9-10-23(20)12-31-23)27(21(28)29)18(14(3)4)15-11-24-26-25-15/h7,11,14,16-20H,8-10,12H2,1-6H3,(H,28,29)(H,24,25,26)/t16-,17-,18?,19-,20-,22+,23+/m1/s1. The summed E-state index contributed by atoms with van der Waals surface area (Å²) >= 11 is 0. The van der Waals surface area contributed by atoms with E-state index in [2.05, 4.69) is 42.3 Å². The van der Waals surface area contributed by atoms with E-state index in [0.29, 0.717) is 18.7 Å². The number of aromatic nitrogens is 3. The summed E-state index contributed by atoms with van der Waals surface area (Å²) in [5, 5.41) is 21.1. The number of carboxylic acid groups (broad SMARTS) is 1. The molecule has 1 saturated carbocycles. The van der Waals surface area contributed by atoms with Gasteiger partial charge in [-0.05, 0) is 46.0 Å². The first kappa shape index (κ1) is 23.2. The van der Waals surface area contributed by atoms with Gasteiger partial charge in [0.05, 0.1) is 42.7 Å². The molecule has 1 spiro atoms. The summed E-state index contributed by atoms with van der Waals surface area (Å²) in [6.07, 6.45) is 4.83. The van der Waals surface area contributed by atoms with Crippen molar-refractivity contribution in [2.24, 2.45) is 11.8 Å². The first-order valence-electron chi connectivity index (χ1n) is 11.5. The molecule has 1 aromatic heterocycles. The van der Waals surface area contributed by atoms with E-state index >= 15 is 0 Å². The van der Waals surface area contributed by atoms with Gasteiger partial charge in [-0.15, -0.1) is 0 Å². The van der Waals surface area contributed by atoms with Crippen LogP contribution in [0.4, 0.5) is 4.79 Å². The summed E-state index contributed by atoms with van der Waals surface area (Å²) in [5.74, 6) is -0.0420. The van der Waals surface area contributed by atoms with Gasteiger partial charge in [0.15, 0.2) is 0 Å². The minimum absolute atomic E-state index is 0.0124. The molecule has 1 aromatic rings. The second kappa shape index (κ2) is 8.43. The molecule has 4 rings (SSSR count). The van der Waals surface area contributed by atoms with E-state index in [1.165, 1.54) is 10.5 Å². The number of hydrogen-bond acceptors (Lipinski definition) is 6. The van der Waals surface area contributed by atoms with Crippen LogP contribution in [0.1, 0.15) is 65.6 Å². The molecule has 1 amide bonds. The molecule has 32 heavy (non-hydrogen) atoms. The van der Waals surface area contributed by atoms with Crippen molar-refractivity contribution in [2.45, 2.75) is 89.4 Å². The third kappa shape index (κ3) is 3.95. The molecule has 3 fully saturated rings. The third-order valence-corrected chi connectivity index (χ3v) is 7.51. The molecule has 3 aliphatic rings. The van der Waals surface area contributed by atoms with Gasteiger partial charge in [0.2, 0.25) is 0 Å². The summed E-state index contributed by atoms with van der Waals surface area (Å²) in [6.45, 7) is 11.0. The molecule has 9 heteroatoms. The van der Waals surface area contributed by atoms with E-state index in [4.69, 9.17) is 14.2 Å². The van der Waals surface area contributed by atoms with Crippen molar-refractivity contribution in [1.82, 2.24) is 20.3 Å². The Bertz CT molecular complexity index is 849. The van der Waals surface area contributed by atoms with Crippen LogP contribution in [-0.4, -0.2) is 74.7 Å². The van der Waals surface area contributed by atoms with Crippen LogP contribution in [0.2, 0.25) is 0 Å². The van der Waals surface area contributed by atoms with Gasteiger partial charge in [-0.1, -0.05) is 25.5 Å². The van der Waals surface area contributed by atoms with Gasteiger partial charge in [-0.3, -0.25) is 4.90 Å². The van der Waals surface area contributed by atoms with E-state index in [0.717, 1.165) is 12.8 Å². The Kier molecular flexibility index (Phi) is 6.11. The number of hydrogen-bond donors (Lipinski definition) is 2. The number of ether oxygens (including phenoxy) is 3. The van der Waals surface area contributed by atoms with Crippen LogP contribution in [0.25, 0.3) is 0 Å². The van der Waals surface area contributed by atoms with Crippen molar-refractivity contribution < 1.29 is 24.1 Å². The molecule has 0 aromatic carbocycles. The Hall–Kier alpha value is -1.97. The van der Waals surface area contributed by atoms with Crippen LogP contribution in [0.5, 0.6) is 0 Å². The lowest BCUT2D eigenvalue weighted by Crippen LogP contribution is -2.61. The molecule has 0 radical (unpaired) electrons. The van der Waals surface area contributed by atoms with Crippen LogP contribution < -0.4 is 0 Å². The number of epoxide rings is 2. The van der Waals surface area contributed by atoms with Crippen LogP contribution in [-0.2, 0) is 14.2 Å². The zero-order valence-electron chi connectivity index (χ0n) is 19.9. The molecular weight excluding hydrogens is 412 g/mol. The van der Waals surface area contributed by atoms with Crippen LogP contribution in [0.15, 0.2) is 17.8 Å². The van der Waals surface area contributed by atoms with Crippen molar-refractivity contribution in [1.29, 1.82) is 0 Å². The first-order chi connectivity index (χ1) is 15.1. The number of nitrogens with one attached hydrogen (secondary N) is 1. The number of H-pyrrole nitrogens is 1. The molecule has 1 unspecified atom stereocenters. The topological polar surface area (TPSA) is 116 Å². The maximum Gasteiger partial charge on any atom is 0.408 e. The highest BCUT2D eigenvalue weighted by Gasteiger charge is 2.72. The summed E-state index contributed by atoms with van der Waals surface area (Å²) in [7, 11) is 1.67. The quantitative estimate of drug-likeness (QED) is 0.461. The molecule has 178 valence electrons. The van der Waals surface area contributed by atoms with Gasteiger partial charge >= 0.3 is 6.09 Å². The largest absolute Gasteiger partial charge is 0.465 e. The Morgan fingerprint density at radius 1 is 1.47 bits per heavy atom. The molecule has 2 saturated heterocycles. The maximum atomic E-state index is 12.6. The highest BCUT2D eigenvalue weighted by molar-refractivity contribution is 5.66. The van der Waals surface area contributed by atoms with Crippen LogP contribution in [0, 0.1) is 11.8 Å². The zero-order valence-corrected chi connectivity index (χ0v) is 19.9. The number of amides is 1. The fourth-order valence-electron chi connectivity index (χ4n) is 5.89. The second-order valence-corrected chi connectivity index (χ2v) is 10.2. The minimum atomic E-state index is -0.979. The lowest BCUT2D eigenvalue weighted by Gasteiger charge is -2.48. The molecule has 3 heterocycles. The number of carbonyl (C=O) groups is 1. The lowest BCUT2D eigenvalue weighted by atomic mass is 9.67. The van der Waals surface area contributed by atoms with Gasteiger partial charge in [0.1, 0.15) is 11.3 Å². The van der Waals surface area contributed by atoms with Crippen molar-refractivity contribution in [3.05, 3.63) is 23.5 Å². The molecule has 0 bridgehead atoms. The van der Waals surface area contributed by atoms with E-state index in [-0.39, 0.29) is 35.7 Å². The van der Waals surface area contributed by atoms with Crippen LogP contribution >= 0.6 is 0 Å². The lowest BCUT2D eigenvalue weighted by molar-refractivity contribution is -0.102. The average Bonchev–Trinajstić information content (AvgIpc) is 3.56. The highest BCUT2D eigenvalue weighted by atomic mass is 16.6. The summed E-state index contributed by atoms with van der Waals surface area (Å²) in [6, 6.07) is -0.773. The summed E-state index contributed by atoms with van der Waals surface area (Å²) < 4.78 is 18.4. The van der Waals surface area contributed by atoms with Gasteiger partial charge < -0.3 is 19.3 Å².